The number of hydrogen-bond donors (Lipinski definition) is 3. The summed E-state index contributed by atoms with van der Waals surface area (Å²) in [5, 5.41) is 27.4. The van der Waals surface area contributed by atoms with Gasteiger partial charge in [-0.05, 0) is 38.5 Å². The predicted molar refractivity (Wildman–Crippen MR) is 150 cm³/mol. The van der Waals surface area contributed by atoms with Gasteiger partial charge in [0, 0.05) is 0 Å². The molecule has 0 bridgehead atoms. The maximum absolute atomic E-state index is 11.2. The van der Waals surface area contributed by atoms with Crippen molar-refractivity contribution in [3.05, 3.63) is 12.2 Å². The Morgan fingerprint density at radius 1 is 0.486 bits per heavy atom. The van der Waals surface area contributed by atoms with Crippen molar-refractivity contribution in [3.63, 3.8) is 0 Å². The van der Waals surface area contributed by atoms with Crippen LogP contribution >= 0.6 is 0 Å². The normalized spacial score (nSPS) is 11.8. The number of hydrogen-bond acceptors (Lipinski definition) is 3. The van der Waals surface area contributed by atoms with Crippen molar-refractivity contribution >= 4 is 17.9 Å². The van der Waals surface area contributed by atoms with E-state index in [4.69, 9.17) is 15.3 Å². The topological polar surface area (TPSA) is 112 Å². The molecule has 0 atom stereocenters. The lowest BCUT2D eigenvalue weighted by atomic mass is 10.0. The van der Waals surface area contributed by atoms with Gasteiger partial charge in [-0.25, -0.2) is 14.4 Å². The van der Waals surface area contributed by atoms with Crippen molar-refractivity contribution in [3.8, 4) is 0 Å². The van der Waals surface area contributed by atoms with Crippen LogP contribution in [0.15, 0.2) is 12.2 Å². The number of quaternary nitrogens is 1. The minimum atomic E-state index is -1.17. The Hall–Kier alpha value is -1.89. The largest absolute Gasteiger partial charge is 0.477 e. The molecule has 0 aliphatic carbocycles. The third-order valence-corrected chi connectivity index (χ3v) is 7.06. The molecule has 3 N–H and O–H groups in total. The van der Waals surface area contributed by atoms with E-state index in [0.717, 1.165) is 19.3 Å². The Morgan fingerprint density at radius 3 is 1.11 bits per heavy atom. The van der Waals surface area contributed by atoms with Crippen LogP contribution in [-0.2, 0) is 14.4 Å². The second-order valence-corrected chi connectivity index (χ2v) is 10.8. The second kappa shape index (κ2) is 24.4. The van der Waals surface area contributed by atoms with Crippen LogP contribution < -0.4 is 0 Å². The number of rotatable bonds is 28. The molecule has 7 nitrogen and oxygen atoms in total. The van der Waals surface area contributed by atoms with Crippen LogP contribution in [0.2, 0.25) is 0 Å². The molecule has 0 heterocycles. The van der Waals surface area contributed by atoms with E-state index in [0.29, 0.717) is 6.42 Å². The first kappa shape index (κ1) is 35.1. The molecule has 0 rings (SSSR count). The van der Waals surface area contributed by atoms with E-state index in [2.05, 4.69) is 19.1 Å². The summed E-state index contributed by atoms with van der Waals surface area (Å²) in [5.74, 6) is -3.51. The standard InChI is InChI=1S/C30H55NO6/c1-2-3-4-5-6-7-8-9-10-11-12-13-14-15-16-17-18-19-20-21-22-23-24-31(25-28(32)33,26-29(34)35)27-30(36)37/h9-10H,2-8,11-27H2,1H3,(H2-,32,33,34,35,36,37)/p+1/b10-9+. The van der Waals surface area contributed by atoms with Crippen LogP contribution in [0.5, 0.6) is 0 Å². The molecule has 0 saturated carbocycles. The molecule has 0 fully saturated rings. The van der Waals surface area contributed by atoms with E-state index in [1.165, 1.54) is 103 Å². The van der Waals surface area contributed by atoms with Gasteiger partial charge in [-0.3, -0.25) is 4.48 Å². The van der Waals surface area contributed by atoms with E-state index >= 15 is 0 Å². The fourth-order valence-electron chi connectivity index (χ4n) is 5.02. The Balaban J connectivity index is 3.65. The Morgan fingerprint density at radius 2 is 0.784 bits per heavy atom. The van der Waals surface area contributed by atoms with Gasteiger partial charge < -0.3 is 15.3 Å². The zero-order chi connectivity index (χ0) is 27.6. The molecule has 0 radical (unpaired) electrons. The van der Waals surface area contributed by atoms with E-state index in [-0.39, 0.29) is 6.54 Å². The molecule has 0 spiro atoms. The molecule has 0 aromatic carbocycles. The van der Waals surface area contributed by atoms with Gasteiger partial charge in [0.1, 0.15) is 0 Å². The highest BCUT2D eigenvalue weighted by Gasteiger charge is 2.35. The summed E-state index contributed by atoms with van der Waals surface area (Å²) < 4.78 is -0.435. The summed E-state index contributed by atoms with van der Waals surface area (Å²) >= 11 is 0. The summed E-state index contributed by atoms with van der Waals surface area (Å²) in [6, 6.07) is 0. The number of carboxylic acid groups (broad SMARTS) is 3. The third kappa shape index (κ3) is 24.2. The van der Waals surface area contributed by atoms with Crippen LogP contribution in [0.3, 0.4) is 0 Å². The number of unbranched alkanes of at least 4 members (excludes halogenated alkanes) is 18. The van der Waals surface area contributed by atoms with Crippen LogP contribution in [0, 0.1) is 0 Å². The van der Waals surface area contributed by atoms with E-state index in [1.54, 1.807) is 0 Å². The molecular weight excluding hydrogens is 470 g/mol. The maximum Gasteiger partial charge on any atom is 0.359 e. The average molecular weight is 527 g/mol. The van der Waals surface area contributed by atoms with Gasteiger partial charge in [0.25, 0.3) is 0 Å². The smallest absolute Gasteiger partial charge is 0.359 e. The predicted octanol–water partition coefficient (Wildman–Crippen LogP) is 7.44. The second-order valence-electron chi connectivity index (χ2n) is 10.8. The van der Waals surface area contributed by atoms with Gasteiger partial charge in [-0.2, -0.15) is 0 Å². The van der Waals surface area contributed by atoms with E-state index in [1.807, 2.05) is 0 Å². The number of allylic oxidation sites excluding steroid dienone is 2. The molecule has 0 aromatic heterocycles. The quantitative estimate of drug-likeness (QED) is 0.0555. The van der Waals surface area contributed by atoms with Gasteiger partial charge in [0.15, 0.2) is 19.6 Å². The number of aliphatic carboxylic acids is 3. The highest BCUT2D eigenvalue weighted by atomic mass is 16.4. The average Bonchev–Trinajstić information content (AvgIpc) is 2.81. The van der Waals surface area contributed by atoms with E-state index in [9.17, 15) is 14.4 Å². The van der Waals surface area contributed by atoms with Gasteiger partial charge in [0.2, 0.25) is 0 Å². The number of nitrogens with zero attached hydrogens (tertiary/aromatic N) is 1. The molecule has 216 valence electrons. The zero-order valence-electron chi connectivity index (χ0n) is 23.6. The summed E-state index contributed by atoms with van der Waals surface area (Å²) in [7, 11) is 0. The van der Waals surface area contributed by atoms with Crippen molar-refractivity contribution in [2.75, 3.05) is 26.2 Å². The van der Waals surface area contributed by atoms with Crippen LogP contribution in [-0.4, -0.2) is 63.9 Å². The van der Waals surface area contributed by atoms with E-state index < -0.39 is 42.0 Å². The zero-order valence-corrected chi connectivity index (χ0v) is 23.6. The summed E-state index contributed by atoms with van der Waals surface area (Å²) in [4.78, 5) is 33.6. The molecule has 0 aliphatic rings. The lowest BCUT2D eigenvalue weighted by Crippen LogP contribution is -2.57. The molecule has 7 heteroatoms. The minimum absolute atomic E-state index is 0.264. The number of carbonyl (C=O) groups is 3. The minimum Gasteiger partial charge on any atom is -0.477 e. The Labute approximate surface area is 225 Å². The fourth-order valence-corrected chi connectivity index (χ4v) is 5.02. The highest BCUT2D eigenvalue weighted by molar-refractivity contribution is 5.73. The lowest BCUT2D eigenvalue weighted by Gasteiger charge is -2.34. The molecule has 0 aromatic rings. The van der Waals surface area contributed by atoms with Crippen LogP contribution in [0.1, 0.15) is 135 Å². The Kier molecular flexibility index (Phi) is 23.2. The third-order valence-electron chi connectivity index (χ3n) is 7.06. The molecule has 0 saturated heterocycles. The molecule has 0 unspecified atom stereocenters. The van der Waals surface area contributed by atoms with Crippen molar-refractivity contribution < 1.29 is 34.2 Å². The molecular formula is C30H56NO6+. The van der Waals surface area contributed by atoms with Gasteiger partial charge in [0.05, 0.1) is 6.54 Å². The first-order valence-electron chi connectivity index (χ1n) is 15.0. The first-order chi connectivity index (χ1) is 17.8. The highest BCUT2D eigenvalue weighted by Crippen LogP contribution is 2.15. The van der Waals surface area contributed by atoms with Crippen molar-refractivity contribution in [1.29, 1.82) is 0 Å². The van der Waals surface area contributed by atoms with Crippen LogP contribution in [0.4, 0.5) is 0 Å². The van der Waals surface area contributed by atoms with Crippen molar-refractivity contribution in [1.82, 2.24) is 0 Å². The number of carboxylic acids is 3. The summed E-state index contributed by atoms with van der Waals surface area (Å²) in [6.45, 7) is 1.09. The monoisotopic (exact) mass is 526 g/mol. The lowest BCUT2D eigenvalue weighted by molar-refractivity contribution is -0.907. The van der Waals surface area contributed by atoms with Gasteiger partial charge >= 0.3 is 17.9 Å². The SMILES string of the molecule is CCCCCCCC/C=C/CCCCCCCCCCCCCC[N+](CC(=O)O)(CC(=O)O)CC(=O)O. The first-order valence-corrected chi connectivity index (χ1v) is 15.0. The molecule has 0 aliphatic heterocycles. The van der Waals surface area contributed by atoms with Crippen molar-refractivity contribution in [2.45, 2.75) is 135 Å². The molecule has 37 heavy (non-hydrogen) atoms. The van der Waals surface area contributed by atoms with Gasteiger partial charge in [-0.1, -0.05) is 109 Å². The fraction of sp³-hybridized carbons (Fsp3) is 0.833. The maximum atomic E-state index is 11.2. The summed E-state index contributed by atoms with van der Waals surface area (Å²) in [5.41, 5.74) is 0. The van der Waals surface area contributed by atoms with Crippen LogP contribution in [0.25, 0.3) is 0 Å². The molecule has 0 amide bonds. The van der Waals surface area contributed by atoms with Gasteiger partial charge in [-0.15, -0.1) is 0 Å². The Bertz CT molecular complexity index is 578. The van der Waals surface area contributed by atoms with Crippen molar-refractivity contribution in [2.24, 2.45) is 0 Å². The summed E-state index contributed by atoms with van der Waals surface area (Å²) in [6.07, 6.45) is 29.3.